The fourth-order valence-electron chi connectivity index (χ4n) is 1.83. The second kappa shape index (κ2) is 4.44. The summed E-state index contributed by atoms with van der Waals surface area (Å²) in [6.45, 7) is 0.231. The number of amides is 1. The van der Waals surface area contributed by atoms with Crippen LogP contribution in [0.1, 0.15) is 5.69 Å². The van der Waals surface area contributed by atoms with Crippen LogP contribution >= 0.6 is 0 Å². The molecule has 3 rings (SSSR count). The van der Waals surface area contributed by atoms with E-state index in [-0.39, 0.29) is 12.7 Å². The van der Waals surface area contributed by atoms with E-state index in [9.17, 15) is 4.79 Å². The number of anilines is 1. The van der Waals surface area contributed by atoms with Crippen molar-refractivity contribution in [2.75, 3.05) is 12.1 Å². The standard InChI is InChI=1S/C13H12N2O3/c16-13(7-9-2-1-5-14-9)15-10-3-4-11-12(6-10)18-8-17-11/h1-6,14H,7-8H2,(H,15,16). The van der Waals surface area contributed by atoms with Crippen molar-refractivity contribution in [2.24, 2.45) is 0 Å². The molecule has 1 aliphatic rings. The maximum atomic E-state index is 11.8. The number of H-pyrrole nitrogens is 1. The van der Waals surface area contributed by atoms with Crippen molar-refractivity contribution >= 4 is 11.6 Å². The molecule has 2 aromatic rings. The number of aromatic nitrogens is 1. The van der Waals surface area contributed by atoms with Gasteiger partial charge < -0.3 is 19.8 Å². The predicted octanol–water partition coefficient (Wildman–Crippen LogP) is 1.92. The molecule has 0 saturated carbocycles. The van der Waals surface area contributed by atoms with Gasteiger partial charge in [0.05, 0.1) is 6.42 Å². The Morgan fingerprint density at radius 2 is 2.17 bits per heavy atom. The summed E-state index contributed by atoms with van der Waals surface area (Å²) in [6.07, 6.45) is 2.12. The Bertz CT molecular complexity index is 564. The highest BCUT2D eigenvalue weighted by molar-refractivity contribution is 5.92. The topological polar surface area (TPSA) is 63.4 Å². The summed E-state index contributed by atoms with van der Waals surface area (Å²) in [5.41, 5.74) is 1.59. The zero-order valence-electron chi connectivity index (χ0n) is 9.60. The Morgan fingerprint density at radius 1 is 1.28 bits per heavy atom. The number of rotatable bonds is 3. The molecule has 1 aromatic carbocycles. The lowest BCUT2D eigenvalue weighted by Crippen LogP contribution is -2.14. The largest absolute Gasteiger partial charge is 0.454 e. The fourth-order valence-corrected chi connectivity index (χ4v) is 1.83. The summed E-state index contributed by atoms with van der Waals surface area (Å²) in [5.74, 6) is 1.29. The Morgan fingerprint density at radius 3 is 3.00 bits per heavy atom. The third-order valence-corrected chi connectivity index (χ3v) is 2.67. The maximum absolute atomic E-state index is 11.8. The summed E-state index contributed by atoms with van der Waals surface area (Å²) < 4.78 is 10.5. The van der Waals surface area contributed by atoms with Crippen LogP contribution in [0.25, 0.3) is 0 Å². The quantitative estimate of drug-likeness (QED) is 0.867. The van der Waals surface area contributed by atoms with Crippen molar-refractivity contribution in [1.82, 2.24) is 4.98 Å². The van der Waals surface area contributed by atoms with E-state index in [1.54, 1.807) is 24.4 Å². The smallest absolute Gasteiger partial charge is 0.231 e. The molecule has 1 aliphatic heterocycles. The number of benzene rings is 1. The average Bonchev–Trinajstić information content (AvgIpc) is 2.98. The molecule has 5 nitrogen and oxygen atoms in total. The van der Waals surface area contributed by atoms with Gasteiger partial charge in [-0.15, -0.1) is 0 Å². The van der Waals surface area contributed by atoms with E-state index < -0.39 is 0 Å². The van der Waals surface area contributed by atoms with Crippen LogP contribution in [0.15, 0.2) is 36.5 Å². The van der Waals surface area contributed by atoms with E-state index in [1.807, 2.05) is 12.1 Å². The summed E-state index contributed by atoms with van der Waals surface area (Å²) >= 11 is 0. The molecular weight excluding hydrogens is 232 g/mol. The third kappa shape index (κ3) is 2.15. The fraction of sp³-hybridized carbons (Fsp3) is 0.154. The Kier molecular flexibility index (Phi) is 2.64. The molecule has 0 bridgehead atoms. The average molecular weight is 244 g/mol. The zero-order chi connectivity index (χ0) is 12.4. The summed E-state index contributed by atoms with van der Waals surface area (Å²) in [5, 5.41) is 2.82. The van der Waals surface area contributed by atoms with Crippen LogP contribution in [0.2, 0.25) is 0 Å². The van der Waals surface area contributed by atoms with Crippen LogP contribution in [-0.2, 0) is 11.2 Å². The molecule has 2 N–H and O–H groups in total. The van der Waals surface area contributed by atoms with E-state index in [0.29, 0.717) is 23.6 Å². The molecule has 18 heavy (non-hydrogen) atoms. The number of carbonyl (C=O) groups is 1. The molecule has 1 amide bonds. The first-order valence-electron chi connectivity index (χ1n) is 5.63. The molecule has 0 saturated heterocycles. The van der Waals surface area contributed by atoms with Crippen molar-refractivity contribution in [1.29, 1.82) is 0 Å². The first-order valence-corrected chi connectivity index (χ1v) is 5.63. The number of fused-ring (bicyclic) bond motifs is 1. The Balaban J connectivity index is 1.67. The number of hydrogen-bond acceptors (Lipinski definition) is 3. The monoisotopic (exact) mass is 244 g/mol. The lowest BCUT2D eigenvalue weighted by molar-refractivity contribution is -0.115. The lowest BCUT2D eigenvalue weighted by atomic mass is 10.2. The van der Waals surface area contributed by atoms with Gasteiger partial charge in [0.25, 0.3) is 0 Å². The van der Waals surface area contributed by atoms with Crippen molar-refractivity contribution in [3.63, 3.8) is 0 Å². The minimum Gasteiger partial charge on any atom is -0.454 e. The summed E-state index contributed by atoms with van der Waals surface area (Å²) in [4.78, 5) is 14.8. The predicted molar refractivity (Wildman–Crippen MR) is 65.7 cm³/mol. The first kappa shape index (κ1) is 10.7. The zero-order valence-corrected chi connectivity index (χ0v) is 9.60. The number of hydrogen-bond donors (Lipinski definition) is 2. The lowest BCUT2D eigenvalue weighted by Gasteiger charge is -2.05. The Hall–Kier alpha value is -2.43. The van der Waals surface area contributed by atoms with Gasteiger partial charge in [0.1, 0.15) is 0 Å². The molecule has 0 aliphatic carbocycles. The molecule has 0 fully saturated rings. The normalized spacial score (nSPS) is 12.4. The van der Waals surface area contributed by atoms with Gasteiger partial charge in [-0.2, -0.15) is 0 Å². The minimum atomic E-state index is -0.0729. The molecule has 0 spiro atoms. The molecule has 2 heterocycles. The molecule has 1 aromatic heterocycles. The molecule has 92 valence electrons. The van der Waals surface area contributed by atoms with Crippen LogP contribution in [0.4, 0.5) is 5.69 Å². The molecule has 0 radical (unpaired) electrons. The van der Waals surface area contributed by atoms with E-state index >= 15 is 0 Å². The van der Waals surface area contributed by atoms with Gasteiger partial charge in [-0.3, -0.25) is 4.79 Å². The van der Waals surface area contributed by atoms with Crippen molar-refractivity contribution in [2.45, 2.75) is 6.42 Å². The number of carbonyl (C=O) groups excluding carboxylic acids is 1. The van der Waals surface area contributed by atoms with Gasteiger partial charge in [-0.1, -0.05) is 0 Å². The Labute approximate surface area is 104 Å². The van der Waals surface area contributed by atoms with Gasteiger partial charge >= 0.3 is 0 Å². The van der Waals surface area contributed by atoms with Gasteiger partial charge in [0.2, 0.25) is 12.7 Å². The van der Waals surface area contributed by atoms with Crippen LogP contribution in [0, 0.1) is 0 Å². The van der Waals surface area contributed by atoms with E-state index in [0.717, 1.165) is 5.69 Å². The molecule has 0 unspecified atom stereocenters. The van der Waals surface area contributed by atoms with Crippen LogP contribution < -0.4 is 14.8 Å². The van der Waals surface area contributed by atoms with Gasteiger partial charge in [0.15, 0.2) is 11.5 Å². The number of aromatic amines is 1. The highest BCUT2D eigenvalue weighted by Crippen LogP contribution is 2.34. The molecule has 0 atom stereocenters. The van der Waals surface area contributed by atoms with E-state index in [4.69, 9.17) is 9.47 Å². The van der Waals surface area contributed by atoms with Crippen LogP contribution in [0.3, 0.4) is 0 Å². The van der Waals surface area contributed by atoms with Crippen molar-refractivity contribution < 1.29 is 14.3 Å². The van der Waals surface area contributed by atoms with Crippen molar-refractivity contribution in [3.8, 4) is 11.5 Å². The van der Waals surface area contributed by atoms with E-state index in [2.05, 4.69) is 10.3 Å². The van der Waals surface area contributed by atoms with Crippen LogP contribution in [0.5, 0.6) is 11.5 Å². The second-order valence-electron chi connectivity index (χ2n) is 3.99. The highest BCUT2D eigenvalue weighted by Gasteiger charge is 2.14. The van der Waals surface area contributed by atoms with Gasteiger partial charge in [-0.25, -0.2) is 0 Å². The second-order valence-corrected chi connectivity index (χ2v) is 3.99. The SMILES string of the molecule is O=C(Cc1ccc[nH]1)Nc1ccc2c(c1)OCO2. The van der Waals surface area contributed by atoms with Gasteiger partial charge in [-0.05, 0) is 24.3 Å². The minimum absolute atomic E-state index is 0.0729. The van der Waals surface area contributed by atoms with Gasteiger partial charge in [0, 0.05) is 23.6 Å². The van der Waals surface area contributed by atoms with Crippen LogP contribution in [-0.4, -0.2) is 17.7 Å². The highest BCUT2D eigenvalue weighted by atomic mass is 16.7. The van der Waals surface area contributed by atoms with E-state index in [1.165, 1.54) is 0 Å². The summed E-state index contributed by atoms with van der Waals surface area (Å²) in [7, 11) is 0. The maximum Gasteiger partial charge on any atom is 0.231 e. The number of ether oxygens (including phenoxy) is 2. The third-order valence-electron chi connectivity index (χ3n) is 2.67. The van der Waals surface area contributed by atoms with Crippen molar-refractivity contribution in [3.05, 3.63) is 42.2 Å². The molecular formula is C13H12N2O3. The molecule has 5 heteroatoms. The summed E-state index contributed by atoms with van der Waals surface area (Å²) in [6, 6.07) is 9.07. The number of nitrogens with one attached hydrogen (secondary N) is 2. The first-order chi connectivity index (χ1) is 8.81.